The van der Waals surface area contributed by atoms with E-state index in [0.717, 1.165) is 32.3 Å². The number of carbonyl (C=O) groups is 1. The van der Waals surface area contributed by atoms with Crippen molar-refractivity contribution in [3.63, 3.8) is 0 Å². The van der Waals surface area contributed by atoms with Gasteiger partial charge in [0.25, 0.3) is 0 Å². The smallest absolute Gasteiger partial charge is 0.339 e. The molecule has 1 heterocycles. The van der Waals surface area contributed by atoms with Crippen molar-refractivity contribution in [3.8, 4) is 5.69 Å². The fraction of sp³-hybridized carbons (Fsp3) is 0.125. The van der Waals surface area contributed by atoms with Crippen molar-refractivity contribution in [2.24, 2.45) is 0 Å². The van der Waals surface area contributed by atoms with Gasteiger partial charge in [-0.1, -0.05) is 57.3 Å². The van der Waals surface area contributed by atoms with Gasteiger partial charge in [-0.05, 0) is 60.5 Å². The Labute approximate surface area is 193 Å². The fourth-order valence-corrected chi connectivity index (χ4v) is 4.86. The Bertz CT molecular complexity index is 1270. The largest absolute Gasteiger partial charge is 0.465 e. The molecule has 4 rings (SSSR count). The average molecular weight is 503 g/mol. The third-order valence-electron chi connectivity index (χ3n) is 5.13. The number of esters is 1. The predicted molar refractivity (Wildman–Crippen MR) is 126 cm³/mol. The van der Waals surface area contributed by atoms with E-state index >= 15 is 0 Å². The van der Waals surface area contributed by atoms with E-state index in [1.165, 1.54) is 7.11 Å². The number of aryl methyl sites for hydroxylation is 1. The van der Waals surface area contributed by atoms with Crippen LogP contribution in [0, 0.1) is 6.92 Å². The van der Waals surface area contributed by atoms with Crippen LogP contribution < -0.4 is 0 Å². The molecule has 0 radical (unpaired) electrons. The Balaban J connectivity index is 1.95. The van der Waals surface area contributed by atoms with E-state index in [1.54, 1.807) is 12.1 Å². The minimum Gasteiger partial charge on any atom is -0.465 e. The Hall–Kier alpha value is -2.27. The number of benzene rings is 3. The van der Waals surface area contributed by atoms with E-state index in [1.807, 2.05) is 18.2 Å². The van der Waals surface area contributed by atoms with Gasteiger partial charge in [-0.3, -0.25) is 0 Å². The van der Waals surface area contributed by atoms with Gasteiger partial charge in [0.15, 0.2) is 0 Å². The summed E-state index contributed by atoms with van der Waals surface area (Å²) in [6.45, 7) is 2.09. The summed E-state index contributed by atoms with van der Waals surface area (Å²) in [5, 5.41) is 1.97. The Morgan fingerprint density at radius 3 is 2.50 bits per heavy atom. The van der Waals surface area contributed by atoms with Crippen LogP contribution in [-0.2, 0) is 11.2 Å². The van der Waals surface area contributed by atoms with Gasteiger partial charge in [0.2, 0.25) is 0 Å². The van der Waals surface area contributed by atoms with E-state index in [-0.39, 0.29) is 0 Å². The Morgan fingerprint density at radius 2 is 1.80 bits per heavy atom. The molecule has 0 spiro atoms. The first-order chi connectivity index (χ1) is 14.4. The summed E-state index contributed by atoms with van der Waals surface area (Å²) < 4.78 is 8.07. The van der Waals surface area contributed by atoms with Crippen molar-refractivity contribution in [2.75, 3.05) is 7.11 Å². The van der Waals surface area contributed by atoms with Crippen molar-refractivity contribution in [2.45, 2.75) is 13.3 Å². The summed E-state index contributed by atoms with van der Waals surface area (Å²) in [7, 11) is 1.33. The first-order valence-corrected chi connectivity index (χ1v) is 10.9. The minimum atomic E-state index is -0.485. The number of rotatable bonds is 4. The fourth-order valence-electron chi connectivity index (χ4n) is 3.72. The summed E-state index contributed by atoms with van der Waals surface area (Å²) in [5.74, 6) is -0.485. The molecular formula is C24H18BrCl2NO2. The number of carbonyl (C=O) groups excluding carboxylic acids is 1. The number of nitrogens with zero attached hydrogens (tertiary/aromatic N) is 1. The molecule has 0 unspecified atom stereocenters. The molecule has 4 aromatic rings. The van der Waals surface area contributed by atoms with Gasteiger partial charge in [-0.15, -0.1) is 0 Å². The molecule has 0 aliphatic heterocycles. The van der Waals surface area contributed by atoms with Crippen LogP contribution >= 0.6 is 39.1 Å². The topological polar surface area (TPSA) is 31.2 Å². The van der Waals surface area contributed by atoms with Crippen LogP contribution in [0.3, 0.4) is 0 Å². The van der Waals surface area contributed by atoms with Crippen molar-refractivity contribution < 1.29 is 9.53 Å². The lowest BCUT2D eigenvalue weighted by atomic mass is 10.0. The molecule has 0 saturated carbocycles. The number of halogens is 3. The Morgan fingerprint density at radius 1 is 1.07 bits per heavy atom. The van der Waals surface area contributed by atoms with Gasteiger partial charge in [-0.25, -0.2) is 4.79 Å². The molecule has 0 atom stereocenters. The minimum absolute atomic E-state index is 0.305. The lowest BCUT2D eigenvalue weighted by Crippen LogP contribution is -2.06. The highest BCUT2D eigenvalue weighted by molar-refractivity contribution is 9.10. The van der Waals surface area contributed by atoms with Crippen LogP contribution in [0.15, 0.2) is 65.1 Å². The monoisotopic (exact) mass is 501 g/mol. The number of aromatic nitrogens is 1. The number of hydrogen-bond donors (Lipinski definition) is 0. The quantitative estimate of drug-likeness (QED) is 0.272. The van der Waals surface area contributed by atoms with Crippen LogP contribution in [-0.4, -0.2) is 17.6 Å². The van der Waals surface area contributed by atoms with E-state index in [9.17, 15) is 4.79 Å². The van der Waals surface area contributed by atoms with Crippen LogP contribution in [0.5, 0.6) is 0 Å². The average Bonchev–Trinajstić information content (AvgIpc) is 3.09. The predicted octanol–water partition coefficient (Wildman–Crippen LogP) is 7.39. The van der Waals surface area contributed by atoms with Gasteiger partial charge in [0, 0.05) is 32.7 Å². The van der Waals surface area contributed by atoms with Crippen LogP contribution in [0.4, 0.5) is 0 Å². The molecule has 3 nitrogen and oxygen atoms in total. The molecule has 1 aromatic heterocycles. The zero-order chi connectivity index (χ0) is 21.4. The maximum Gasteiger partial charge on any atom is 0.339 e. The van der Waals surface area contributed by atoms with Crippen molar-refractivity contribution in [1.29, 1.82) is 0 Å². The molecular weight excluding hydrogens is 485 g/mol. The third-order valence-corrected chi connectivity index (χ3v) is 6.38. The number of ether oxygens (including phenoxy) is 1. The SMILES string of the molecule is COC(=O)c1ccc(Cl)c(Cc2cc3c(C)cc(Br)cc3n2-c2ccccc2)c1Cl. The summed E-state index contributed by atoms with van der Waals surface area (Å²) >= 11 is 16.7. The first kappa shape index (κ1) is 21.0. The molecule has 0 aliphatic rings. The van der Waals surface area contributed by atoms with Crippen LogP contribution in [0.2, 0.25) is 10.0 Å². The molecule has 0 aliphatic carbocycles. The number of methoxy groups -OCH3 is 1. The van der Waals surface area contributed by atoms with Gasteiger partial charge < -0.3 is 9.30 Å². The van der Waals surface area contributed by atoms with Gasteiger partial charge in [0.05, 0.1) is 23.2 Å². The Kier molecular flexibility index (Phi) is 5.92. The highest BCUT2D eigenvalue weighted by Gasteiger charge is 2.20. The molecule has 0 fully saturated rings. The maximum atomic E-state index is 12.1. The van der Waals surface area contributed by atoms with Gasteiger partial charge in [-0.2, -0.15) is 0 Å². The number of para-hydroxylation sites is 1. The third kappa shape index (κ3) is 3.76. The normalized spacial score (nSPS) is 11.1. The second kappa shape index (κ2) is 8.46. The lowest BCUT2D eigenvalue weighted by Gasteiger charge is -2.14. The summed E-state index contributed by atoms with van der Waals surface area (Å²) in [6, 6.07) is 19.8. The second-order valence-electron chi connectivity index (χ2n) is 7.02. The number of hydrogen-bond acceptors (Lipinski definition) is 2. The molecule has 152 valence electrons. The van der Waals surface area contributed by atoms with Gasteiger partial charge in [0.1, 0.15) is 0 Å². The zero-order valence-corrected chi connectivity index (χ0v) is 19.5. The number of fused-ring (bicyclic) bond motifs is 1. The maximum absolute atomic E-state index is 12.1. The van der Waals surface area contributed by atoms with Crippen molar-refractivity contribution >= 4 is 56.0 Å². The standard InChI is InChI=1S/C24H18BrCl2NO2/c1-14-10-15(25)11-22-19(14)12-17(28(22)16-6-4-3-5-7-16)13-20-21(26)9-8-18(23(20)27)24(29)30-2/h3-12H,13H2,1-2H3. The lowest BCUT2D eigenvalue weighted by molar-refractivity contribution is 0.0601. The zero-order valence-electron chi connectivity index (χ0n) is 16.4. The van der Waals surface area contributed by atoms with Crippen LogP contribution in [0.1, 0.15) is 27.2 Å². The van der Waals surface area contributed by atoms with Crippen molar-refractivity contribution in [3.05, 3.63) is 97.6 Å². The molecule has 0 saturated heterocycles. The van der Waals surface area contributed by atoms with Gasteiger partial charge >= 0.3 is 5.97 Å². The van der Waals surface area contributed by atoms with E-state index < -0.39 is 5.97 Å². The van der Waals surface area contributed by atoms with E-state index in [0.29, 0.717) is 27.6 Å². The van der Waals surface area contributed by atoms with Crippen molar-refractivity contribution in [1.82, 2.24) is 4.57 Å². The summed E-state index contributed by atoms with van der Waals surface area (Å²) in [4.78, 5) is 12.1. The highest BCUT2D eigenvalue weighted by atomic mass is 79.9. The summed E-state index contributed by atoms with van der Waals surface area (Å²) in [5.41, 5.74) is 5.30. The molecule has 3 aromatic carbocycles. The molecule has 30 heavy (non-hydrogen) atoms. The summed E-state index contributed by atoms with van der Waals surface area (Å²) in [6.07, 6.45) is 0.461. The second-order valence-corrected chi connectivity index (χ2v) is 8.72. The first-order valence-electron chi connectivity index (χ1n) is 9.31. The molecule has 0 N–H and O–H groups in total. The van der Waals surface area contributed by atoms with E-state index in [2.05, 4.69) is 57.8 Å². The van der Waals surface area contributed by atoms with E-state index in [4.69, 9.17) is 27.9 Å². The molecule has 0 bridgehead atoms. The molecule has 0 amide bonds. The highest BCUT2D eigenvalue weighted by Crippen LogP contribution is 2.35. The molecule has 6 heteroatoms. The van der Waals surface area contributed by atoms with Crippen LogP contribution in [0.25, 0.3) is 16.6 Å².